The van der Waals surface area contributed by atoms with E-state index in [9.17, 15) is 4.79 Å². The molecule has 5 nitrogen and oxygen atoms in total. The molecule has 0 bridgehead atoms. The number of anilines is 1. The largest absolute Gasteiger partial charge is 0.338 e. The van der Waals surface area contributed by atoms with Crippen molar-refractivity contribution in [2.24, 2.45) is 5.92 Å². The molecule has 2 aromatic rings. The van der Waals surface area contributed by atoms with Crippen LogP contribution in [-0.4, -0.2) is 22.4 Å². The molecule has 2 N–H and O–H groups in total. The SMILES string of the molecule is Cc1cc(C)n(C[C@H](C)CNC(=O)Nc2ccc(Cl)cc2)n1. The maximum atomic E-state index is 11.8. The third-order valence-corrected chi connectivity index (χ3v) is 3.55. The molecule has 0 spiro atoms. The number of urea groups is 1. The summed E-state index contributed by atoms with van der Waals surface area (Å²) >= 11 is 5.81. The predicted molar refractivity (Wildman–Crippen MR) is 89.3 cm³/mol. The molecule has 0 unspecified atom stereocenters. The highest BCUT2D eigenvalue weighted by atomic mass is 35.5. The van der Waals surface area contributed by atoms with Crippen LogP contribution < -0.4 is 10.6 Å². The van der Waals surface area contributed by atoms with E-state index in [1.54, 1.807) is 24.3 Å². The number of carbonyl (C=O) groups excluding carboxylic acids is 1. The normalized spacial score (nSPS) is 12.0. The van der Waals surface area contributed by atoms with Crippen LogP contribution in [0.4, 0.5) is 10.5 Å². The lowest BCUT2D eigenvalue weighted by Crippen LogP contribution is -2.33. The second-order valence-corrected chi connectivity index (χ2v) is 5.99. The molecule has 0 saturated heterocycles. The van der Waals surface area contributed by atoms with Gasteiger partial charge in [-0.05, 0) is 50.1 Å². The Labute approximate surface area is 135 Å². The van der Waals surface area contributed by atoms with E-state index in [4.69, 9.17) is 11.6 Å². The van der Waals surface area contributed by atoms with Gasteiger partial charge in [0.05, 0.1) is 5.69 Å². The number of amides is 2. The predicted octanol–water partition coefficient (Wildman–Crippen LogP) is 3.61. The van der Waals surface area contributed by atoms with Crippen LogP contribution in [0.2, 0.25) is 5.02 Å². The minimum atomic E-state index is -0.220. The van der Waals surface area contributed by atoms with E-state index < -0.39 is 0 Å². The molecule has 1 aromatic heterocycles. The number of carbonyl (C=O) groups is 1. The highest BCUT2D eigenvalue weighted by Gasteiger charge is 2.09. The number of benzene rings is 1. The van der Waals surface area contributed by atoms with E-state index >= 15 is 0 Å². The molecular formula is C16H21ClN4O. The second-order valence-electron chi connectivity index (χ2n) is 5.56. The number of nitrogens with one attached hydrogen (secondary N) is 2. The maximum absolute atomic E-state index is 11.8. The van der Waals surface area contributed by atoms with E-state index in [2.05, 4.69) is 22.7 Å². The fraction of sp³-hybridized carbons (Fsp3) is 0.375. The summed E-state index contributed by atoms with van der Waals surface area (Å²) in [6, 6.07) is 8.84. The van der Waals surface area contributed by atoms with E-state index in [0.717, 1.165) is 17.9 Å². The van der Waals surface area contributed by atoms with Crippen LogP contribution in [0.25, 0.3) is 0 Å². The summed E-state index contributed by atoms with van der Waals surface area (Å²) in [5, 5.41) is 10.7. The Bertz CT molecular complexity index is 636. The summed E-state index contributed by atoms with van der Waals surface area (Å²) in [7, 11) is 0. The highest BCUT2D eigenvalue weighted by molar-refractivity contribution is 6.30. The van der Waals surface area contributed by atoms with Gasteiger partial charge in [-0.15, -0.1) is 0 Å². The molecule has 1 heterocycles. The van der Waals surface area contributed by atoms with Gasteiger partial charge >= 0.3 is 6.03 Å². The molecule has 2 rings (SSSR count). The number of hydrogen-bond acceptors (Lipinski definition) is 2. The molecular weight excluding hydrogens is 300 g/mol. The quantitative estimate of drug-likeness (QED) is 0.884. The highest BCUT2D eigenvalue weighted by Crippen LogP contribution is 2.13. The molecule has 0 aliphatic heterocycles. The number of nitrogens with zero attached hydrogens (tertiary/aromatic N) is 2. The fourth-order valence-corrected chi connectivity index (χ4v) is 2.32. The molecule has 0 saturated carbocycles. The van der Waals surface area contributed by atoms with Crippen LogP contribution in [0.1, 0.15) is 18.3 Å². The van der Waals surface area contributed by atoms with E-state index in [1.165, 1.54) is 0 Å². The summed E-state index contributed by atoms with van der Waals surface area (Å²) < 4.78 is 1.97. The molecule has 0 aliphatic rings. The summed E-state index contributed by atoms with van der Waals surface area (Å²) in [5.41, 5.74) is 2.86. The Morgan fingerprint density at radius 3 is 2.59 bits per heavy atom. The summed E-state index contributed by atoms with van der Waals surface area (Å²) in [6.07, 6.45) is 0. The van der Waals surface area contributed by atoms with Crippen molar-refractivity contribution in [3.8, 4) is 0 Å². The number of aryl methyl sites for hydroxylation is 2. The molecule has 6 heteroatoms. The molecule has 1 aromatic carbocycles. The zero-order valence-electron chi connectivity index (χ0n) is 13.1. The molecule has 2 amide bonds. The molecule has 1 atom stereocenters. The fourth-order valence-electron chi connectivity index (χ4n) is 2.19. The van der Waals surface area contributed by atoms with Gasteiger partial charge < -0.3 is 10.6 Å². The third kappa shape index (κ3) is 4.77. The Morgan fingerprint density at radius 2 is 2.00 bits per heavy atom. The van der Waals surface area contributed by atoms with Gasteiger partial charge in [-0.3, -0.25) is 4.68 Å². The van der Waals surface area contributed by atoms with Gasteiger partial charge in [0, 0.05) is 29.5 Å². The minimum absolute atomic E-state index is 0.220. The van der Waals surface area contributed by atoms with Crippen LogP contribution in [0.5, 0.6) is 0 Å². The first kappa shape index (κ1) is 16.4. The van der Waals surface area contributed by atoms with Gasteiger partial charge in [-0.25, -0.2) is 4.79 Å². The number of rotatable bonds is 5. The van der Waals surface area contributed by atoms with Crippen LogP contribution >= 0.6 is 11.6 Å². The van der Waals surface area contributed by atoms with Gasteiger partial charge in [0.2, 0.25) is 0 Å². The number of aromatic nitrogens is 2. The number of hydrogen-bond donors (Lipinski definition) is 2. The van der Waals surface area contributed by atoms with Gasteiger partial charge in [-0.2, -0.15) is 5.10 Å². The summed E-state index contributed by atoms with van der Waals surface area (Å²) in [6.45, 7) is 7.46. The van der Waals surface area contributed by atoms with Crippen molar-refractivity contribution in [1.29, 1.82) is 0 Å². The van der Waals surface area contributed by atoms with Gasteiger partial charge in [0.25, 0.3) is 0 Å². The molecule has 0 fully saturated rings. The monoisotopic (exact) mass is 320 g/mol. The van der Waals surface area contributed by atoms with Crippen molar-refractivity contribution in [3.05, 3.63) is 46.7 Å². The zero-order valence-corrected chi connectivity index (χ0v) is 13.8. The van der Waals surface area contributed by atoms with E-state index in [1.807, 2.05) is 24.6 Å². The first-order chi connectivity index (χ1) is 10.4. The Balaban J connectivity index is 1.78. The van der Waals surface area contributed by atoms with Crippen molar-refractivity contribution in [3.63, 3.8) is 0 Å². The lowest BCUT2D eigenvalue weighted by Gasteiger charge is -2.14. The van der Waals surface area contributed by atoms with Crippen molar-refractivity contribution < 1.29 is 4.79 Å². The molecule has 0 radical (unpaired) electrons. The Morgan fingerprint density at radius 1 is 1.32 bits per heavy atom. The van der Waals surface area contributed by atoms with Crippen LogP contribution in [0.3, 0.4) is 0 Å². The van der Waals surface area contributed by atoms with Crippen LogP contribution in [-0.2, 0) is 6.54 Å². The first-order valence-electron chi connectivity index (χ1n) is 7.25. The Kier molecular flexibility index (Phi) is 5.44. The average Bonchev–Trinajstić information content (AvgIpc) is 2.77. The lowest BCUT2D eigenvalue weighted by molar-refractivity contribution is 0.249. The van der Waals surface area contributed by atoms with Crippen LogP contribution in [0, 0.1) is 19.8 Å². The standard InChI is InChI=1S/C16H21ClN4O/c1-11(10-21-13(3)8-12(2)20-21)9-18-16(22)19-15-6-4-14(17)5-7-15/h4-8,11H,9-10H2,1-3H3,(H2,18,19,22)/t11-/m1/s1. The first-order valence-corrected chi connectivity index (χ1v) is 7.63. The smallest absolute Gasteiger partial charge is 0.319 e. The second kappa shape index (κ2) is 7.31. The van der Waals surface area contributed by atoms with Crippen LogP contribution in [0.15, 0.2) is 30.3 Å². The molecule has 0 aliphatic carbocycles. The maximum Gasteiger partial charge on any atom is 0.319 e. The third-order valence-electron chi connectivity index (χ3n) is 3.30. The summed E-state index contributed by atoms with van der Waals surface area (Å²) in [4.78, 5) is 11.8. The van der Waals surface area contributed by atoms with Gasteiger partial charge in [0.15, 0.2) is 0 Å². The number of halogens is 1. The average molecular weight is 321 g/mol. The van der Waals surface area contributed by atoms with Gasteiger partial charge in [-0.1, -0.05) is 18.5 Å². The van der Waals surface area contributed by atoms with Crippen molar-refractivity contribution in [2.45, 2.75) is 27.3 Å². The lowest BCUT2D eigenvalue weighted by atomic mass is 10.2. The Hall–Kier alpha value is -2.01. The summed E-state index contributed by atoms with van der Waals surface area (Å²) in [5.74, 6) is 0.286. The van der Waals surface area contributed by atoms with Crippen molar-refractivity contribution in [2.75, 3.05) is 11.9 Å². The topological polar surface area (TPSA) is 59.0 Å². The zero-order chi connectivity index (χ0) is 16.1. The van der Waals surface area contributed by atoms with Gasteiger partial charge in [0.1, 0.15) is 0 Å². The van der Waals surface area contributed by atoms with E-state index in [-0.39, 0.29) is 11.9 Å². The van der Waals surface area contributed by atoms with Crippen molar-refractivity contribution >= 4 is 23.3 Å². The van der Waals surface area contributed by atoms with E-state index in [0.29, 0.717) is 17.3 Å². The van der Waals surface area contributed by atoms with Crippen molar-refractivity contribution in [1.82, 2.24) is 15.1 Å². The molecule has 22 heavy (non-hydrogen) atoms. The minimum Gasteiger partial charge on any atom is -0.338 e. The molecule has 118 valence electrons.